The first-order valence-corrected chi connectivity index (χ1v) is 7.98. The van der Waals surface area contributed by atoms with Crippen LogP contribution in [0.5, 0.6) is 0 Å². The van der Waals surface area contributed by atoms with Crippen molar-refractivity contribution in [3.63, 3.8) is 0 Å². The van der Waals surface area contributed by atoms with Crippen LogP contribution in [0.15, 0.2) is 0 Å². The molecule has 17 heavy (non-hydrogen) atoms. The summed E-state index contributed by atoms with van der Waals surface area (Å²) >= 11 is 0. The van der Waals surface area contributed by atoms with Crippen molar-refractivity contribution < 1.29 is 0 Å². The molecule has 1 saturated heterocycles. The molecule has 0 aromatic carbocycles. The Labute approximate surface area is 109 Å². The van der Waals surface area contributed by atoms with Gasteiger partial charge in [-0.05, 0) is 39.3 Å². The maximum absolute atomic E-state index is 2.74. The second-order valence-corrected chi connectivity index (χ2v) is 6.11. The van der Waals surface area contributed by atoms with E-state index in [-0.39, 0.29) is 0 Å². The lowest BCUT2D eigenvalue weighted by Gasteiger charge is -2.47. The molecule has 0 amide bonds. The van der Waals surface area contributed by atoms with Gasteiger partial charge in [-0.15, -0.1) is 0 Å². The largest absolute Gasteiger partial charge is 0.298 e. The number of hydrogen-bond donors (Lipinski definition) is 0. The Morgan fingerprint density at radius 1 is 0.824 bits per heavy atom. The third-order valence-corrected chi connectivity index (χ3v) is 4.51. The monoisotopic (exact) mass is 239 g/mol. The van der Waals surface area contributed by atoms with Crippen LogP contribution in [-0.2, 0) is 0 Å². The van der Waals surface area contributed by atoms with E-state index in [1.54, 1.807) is 0 Å². The Morgan fingerprint density at radius 2 is 1.41 bits per heavy atom. The third-order valence-electron chi connectivity index (χ3n) is 4.51. The quantitative estimate of drug-likeness (QED) is 0.485. The highest BCUT2D eigenvalue weighted by Gasteiger charge is 2.33. The number of likely N-dealkylation sites (tertiary alicyclic amines) is 1. The summed E-state index contributed by atoms with van der Waals surface area (Å²) in [5.41, 5.74) is 0.528. The molecule has 1 heteroatoms. The van der Waals surface area contributed by atoms with Crippen LogP contribution < -0.4 is 0 Å². The van der Waals surface area contributed by atoms with Gasteiger partial charge in [0.2, 0.25) is 0 Å². The molecule has 1 aliphatic heterocycles. The predicted molar refractivity (Wildman–Crippen MR) is 77.5 cm³/mol. The zero-order valence-corrected chi connectivity index (χ0v) is 12.4. The van der Waals surface area contributed by atoms with Crippen molar-refractivity contribution in [1.82, 2.24) is 4.90 Å². The summed E-state index contributed by atoms with van der Waals surface area (Å²) in [7, 11) is 0. The van der Waals surface area contributed by atoms with E-state index < -0.39 is 0 Å². The number of unbranched alkanes of at least 4 members (excludes halogenated alkanes) is 5. The lowest BCUT2D eigenvalue weighted by atomic mass is 9.84. The second kappa shape index (κ2) is 8.13. The zero-order valence-electron chi connectivity index (χ0n) is 12.4. The Hall–Kier alpha value is -0.0400. The highest BCUT2D eigenvalue weighted by atomic mass is 15.2. The Kier molecular flexibility index (Phi) is 7.18. The van der Waals surface area contributed by atoms with Crippen molar-refractivity contribution in [2.75, 3.05) is 13.1 Å². The Balaban J connectivity index is 2.24. The molecule has 0 bridgehead atoms. The van der Waals surface area contributed by atoms with E-state index in [1.807, 2.05) is 0 Å². The van der Waals surface area contributed by atoms with Gasteiger partial charge >= 0.3 is 0 Å². The summed E-state index contributed by atoms with van der Waals surface area (Å²) < 4.78 is 0. The van der Waals surface area contributed by atoms with E-state index in [9.17, 15) is 0 Å². The molecule has 1 fully saturated rings. The number of hydrogen-bond acceptors (Lipinski definition) is 1. The standard InChI is InChI=1S/C16H33N/c1-4-6-8-9-10-13-16(3,12-7-5-2)17-14-11-15-17/h4-15H2,1-3H3. The van der Waals surface area contributed by atoms with Gasteiger partial charge < -0.3 is 0 Å². The van der Waals surface area contributed by atoms with E-state index >= 15 is 0 Å². The van der Waals surface area contributed by atoms with Crippen molar-refractivity contribution in [1.29, 1.82) is 0 Å². The highest BCUT2D eigenvalue weighted by Crippen LogP contribution is 2.32. The molecular weight excluding hydrogens is 206 g/mol. The van der Waals surface area contributed by atoms with Crippen LogP contribution in [-0.4, -0.2) is 23.5 Å². The number of nitrogens with zero attached hydrogens (tertiary/aromatic N) is 1. The van der Waals surface area contributed by atoms with Gasteiger partial charge in [-0.1, -0.05) is 58.8 Å². The van der Waals surface area contributed by atoms with Crippen LogP contribution in [0.1, 0.15) is 85.0 Å². The smallest absolute Gasteiger partial charge is 0.0181 e. The van der Waals surface area contributed by atoms with E-state index in [1.165, 1.54) is 77.3 Å². The highest BCUT2D eigenvalue weighted by molar-refractivity contribution is 4.90. The fourth-order valence-corrected chi connectivity index (χ4v) is 2.96. The van der Waals surface area contributed by atoms with Crippen molar-refractivity contribution >= 4 is 0 Å². The minimum Gasteiger partial charge on any atom is -0.298 e. The number of rotatable bonds is 10. The molecule has 1 unspecified atom stereocenters. The molecule has 1 nitrogen and oxygen atoms in total. The van der Waals surface area contributed by atoms with Crippen molar-refractivity contribution in [2.45, 2.75) is 90.5 Å². The summed E-state index contributed by atoms with van der Waals surface area (Å²) in [5, 5.41) is 0. The van der Waals surface area contributed by atoms with Gasteiger partial charge in [0.25, 0.3) is 0 Å². The molecule has 0 radical (unpaired) electrons. The lowest BCUT2D eigenvalue weighted by Crippen LogP contribution is -2.53. The Morgan fingerprint density at radius 3 is 1.94 bits per heavy atom. The summed E-state index contributed by atoms with van der Waals surface area (Å²) in [6.07, 6.45) is 14.1. The molecule has 1 heterocycles. The maximum Gasteiger partial charge on any atom is 0.0181 e. The van der Waals surface area contributed by atoms with Gasteiger partial charge in [-0.3, -0.25) is 4.90 Å². The average Bonchev–Trinajstić information content (AvgIpc) is 2.24. The molecule has 102 valence electrons. The van der Waals surface area contributed by atoms with Crippen LogP contribution in [0, 0.1) is 0 Å². The molecule has 0 aromatic rings. The van der Waals surface area contributed by atoms with E-state index in [0.717, 1.165) is 0 Å². The van der Waals surface area contributed by atoms with Gasteiger partial charge in [0.1, 0.15) is 0 Å². The summed E-state index contributed by atoms with van der Waals surface area (Å²) in [6, 6.07) is 0. The van der Waals surface area contributed by atoms with Crippen LogP contribution in [0.2, 0.25) is 0 Å². The third kappa shape index (κ3) is 4.99. The molecule has 1 aliphatic rings. The summed E-state index contributed by atoms with van der Waals surface area (Å²) in [4.78, 5) is 2.74. The van der Waals surface area contributed by atoms with E-state index in [2.05, 4.69) is 25.7 Å². The molecule has 0 saturated carbocycles. The normalized spacial score (nSPS) is 19.9. The van der Waals surface area contributed by atoms with Gasteiger partial charge in [-0.25, -0.2) is 0 Å². The predicted octanol–water partition coefficient (Wildman–Crippen LogP) is 5.00. The van der Waals surface area contributed by atoms with Gasteiger partial charge in [0.15, 0.2) is 0 Å². The van der Waals surface area contributed by atoms with Crippen LogP contribution in [0.4, 0.5) is 0 Å². The zero-order chi connectivity index (χ0) is 12.6. The molecular formula is C16H33N. The van der Waals surface area contributed by atoms with Crippen LogP contribution in [0.3, 0.4) is 0 Å². The lowest BCUT2D eigenvalue weighted by molar-refractivity contribution is 0.0254. The second-order valence-electron chi connectivity index (χ2n) is 6.11. The molecule has 1 rings (SSSR count). The van der Waals surface area contributed by atoms with Crippen LogP contribution >= 0.6 is 0 Å². The van der Waals surface area contributed by atoms with Gasteiger partial charge in [-0.2, -0.15) is 0 Å². The molecule has 0 spiro atoms. The van der Waals surface area contributed by atoms with Crippen molar-refractivity contribution in [3.05, 3.63) is 0 Å². The van der Waals surface area contributed by atoms with Crippen molar-refractivity contribution in [3.8, 4) is 0 Å². The van der Waals surface area contributed by atoms with Gasteiger partial charge in [0.05, 0.1) is 0 Å². The minimum atomic E-state index is 0.528. The fraction of sp³-hybridized carbons (Fsp3) is 1.00. The minimum absolute atomic E-state index is 0.528. The first-order chi connectivity index (χ1) is 8.23. The first kappa shape index (κ1) is 15.0. The average molecular weight is 239 g/mol. The molecule has 0 aromatic heterocycles. The first-order valence-electron chi connectivity index (χ1n) is 7.98. The maximum atomic E-state index is 2.74. The molecule has 0 N–H and O–H groups in total. The molecule has 0 aliphatic carbocycles. The van der Waals surface area contributed by atoms with E-state index in [0.29, 0.717) is 5.54 Å². The topological polar surface area (TPSA) is 3.24 Å². The Bertz CT molecular complexity index is 186. The SMILES string of the molecule is CCCCCCCC(C)(CCCC)N1CCC1. The van der Waals surface area contributed by atoms with E-state index in [4.69, 9.17) is 0 Å². The fourth-order valence-electron chi connectivity index (χ4n) is 2.96. The van der Waals surface area contributed by atoms with Crippen molar-refractivity contribution in [2.24, 2.45) is 0 Å². The molecule has 1 atom stereocenters. The van der Waals surface area contributed by atoms with Gasteiger partial charge in [0, 0.05) is 5.54 Å². The summed E-state index contributed by atoms with van der Waals surface area (Å²) in [5.74, 6) is 0. The van der Waals surface area contributed by atoms with Crippen LogP contribution in [0.25, 0.3) is 0 Å². The summed E-state index contributed by atoms with van der Waals surface area (Å²) in [6.45, 7) is 9.84.